The molecular formula is C8H9ClN2O2. The molecule has 1 rings (SSSR count). The molecule has 70 valence electrons. The van der Waals surface area contributed by atoms with Gasteiger partial charge >= 0.3 is 0 Å². The molecule has 0 fully saturated rings. The van der Waals surface area contributed by atoms with Crippen molar-refractivity contribution >= 4 is 16.8 Å². The number of halogens is 1. The van der Waals surface area contributed by atoms with Gasteiger partial charge in [0.15, 0.2) is 0 Å². The van der Waals surface area contributed by atoms with E-state index in [0.29, 0.717) is 11.3 Å². The molecule has 0 radical (unpaired) electrons. The standard InChI is InChI=1S/C8H9ClN2O2/c1-5-3-6(4-7(9)12)8(13)11(2)10-5/h3H,4H2,1-2H3. The van der Waals surface area contributed by atoms with Gasteiger partial charge in [0.1, 0.15) is 0 Å². The summed E-state index contributed by atoms with van der Waals surface area (Å²) in [5.41, 5.74) is 0.796. The van der Waals surface area contributed by atoms with Gasteiger partial charge in [0.05, 0.1) is 12.1 Å². The van der Waals surface area contributed by atoms with E-state index in [1.165, 1.54) is 11.7 Å². The van der Waals surface area contributed by atoms with Gasteiger partial charge < -0.3 is 0 Å². The summed E-state index contributed by atoms with van der Waals surface area (Å²) in [4.78, 5) is 21.9. The predicted octanol–water partition coefficient (Wildman–Crippen LogP) is 0.397. The first-order chi connectivity index (χ1) is 6.00. The van der Waals surface area contributed by atoms with Crippen molar-refractivity contribution in [2.45, 2.75) is 13.3 Å². The Labute approximate surface area is 80.1 Å². The number of nitrogens with zero attached hydrogens (tertiary/aromatic N) is 2. The van der Waals surface area contributed by atoms with Gasteiger partial charge in [0.2, 0.25) is 5.24 Å². The smallest absolute Gasteiger partial charge is 0.270 e. The summed E-state index contributed by atoms with van der Waals surface area (Å²) in [6.45, 7) is 1.75. The Morgan fingerprint density at radius 2 is 2.31 bits per heavy atom. The Bertz CT molecular complexity index is 398. The van der Waals surface area contributed by atoms with Crippen LogP contribution in [0.1, 0.15) is 11.3 Å². The van der Waals surface area contributed by atoms with Gasteiger partial charge in [-0.15, -0.1) is 0 Å². The number of hydrogen-bond acceptors (Lipinski definition) is 3. The van der Waals surface area contributed by atoms with Crippen LogP contribution >= 0.6 is 11.6 Å². The maximum atomic E-state index is 11.3. The molecule has 0 aliphatic carbocycles. The van der Waals surface area contributed by atoms with Crippen molar-refractivity contribution in [2.75, 3.05) is 0 Å². The predicted molar refractivity (Wildman–Crippen MR) is 48.8 cm³/mol. The van der Waals surface area contributed by atoms with E-state index in [4.69, 9.17) is 11.6 Å². The molecule has 4 nitrogen and oxygen atoms in total. The molecular weight excluding hydrogens is 192 g/mol. The van der Waals surface area contributed by atoms with Crippen LogP contribution in [0.25, 0.3) is 0 Å². The zero-order valence-corrected chi connectivity index (χ0v) is 8.13. The van der Waals surface area contributed by atoms with Crippen LogP contribution in [-0.2, 0) is 18.3 Å². The van der Waals surface area contributed by atoms with Crippen molar-refractivity contribution in [3.05, 3.63) is 27.7 Å². The average Bonchev–Trinajstić information content (AvgIpc) is 1.98. The van der Waals surface area contributed by atoms with Crippen molar-refractivity contribution in [1.82, 2.24) is 9.78 Å². The highest BCUT2D eigenvalue weighted by atomic mass is 35.5. The second-order valence-corrected chi connectivity index (χ2v) is 3.19. The van der Waals surface area contributed by atoms with Gasteiger partial charge in [-0.3, -0.25) is 9.59 Å². The molecule has 0 bridgehead atoms. The lowest BCUT2D eigenvalue weighted by molar-refractivity contribution is -0.111. The lowest BCUT2D eigenvalue weighted by Gasteiger charge is -2.01. The SMILES string of the molecule is Cc1cc(CC(=O)Cl)c(=O)n(C)n1. The van der Waals surface area contributed by atoms with Gasteiger partial charge in [0, 0.05) is 12.6 Å². The monoisotopic (exact) mass is 200 g/mol. The zero-order chi connectivity index (χ0) is 10.0. The minimum absolute atomic E-state index is 0.0441. The summed E-state index contributed by atoms with van der Waals surface area (Å²) in [5, 5.41) is 3.35. The first-order valence-corrected chi connectivity index (χ1v) is 4.10. The van der Waals surface area contributed by atoms with E-state index >= 15 is 0 Å². The van der Waals surface area contributed by atoms with E-state index < -0.39 is 5.24 Å². The lowest BCUT2D eigenvalue weighted by Crippen LogP contribution is -2.25. The first-order valence-electron chi connectivity index (χ1n) is 3.73. The fraction of sp³-hybridized carbons (Fsp3) is 0.375. The molecule has 0 unspecified atom stereocenters. The molecule has 0 amide bonds. The highest BCUT2D eigenvalue weighted by Crippen LogP contribution is 1.98. The second kappa shape index (κ2) is 3.70. The highest BCUT2D eigenvalue weighted by Gasteiger charge is 2.07. The number of aryl methyl sites for hydroxylation is 2. The van der Waals surface area contributed by atoms with Crippen molar-refractivity contribution in [3.8, 4) is 0 Å². The molecule has 5 heteroatoms. The molecule has 0 saturated heterocycles. The third-order valence-electron chi connectivity index (χ3n) is 1.59. The normalized spacial score (nSPS) is 10.1. The van der Waals surface area contributed by atoms with Gasteiger partial charge in [-0.1, -0.05) is 0 Å². The van der Waals surface area contributed by atoms with E-state index in [2.05, 4.69) is 5.10 Å². The number of aromatic nitrogens is 2. The first kappa shape index (κ1) is 9.92. The number of carbonyl (C=O) groups is 1. The summed E-state index contributed by atoms with van der Waals surface area (Å²) in [7, 11) is 1.54. The van der Waals surface area contributed by atoms with E-state index in [1.807, 2.05) is 0 Å². The van der Waals surface area contributed by atoms with Crippen LogP contribution in [0.5, 0.6) is 0 Å². The molecule has 0 aromatic carbocycles. The minimum atomic E-state index is -0.539. The number of rotatable bonds is 2. The molecule has 0 aliphatic heterocycles. The summed E-state index contributed by atoms with van der Waals surface area (Å²) in [5.74, 6) is 0. The van der Waals surface area contributed by atoms with Crippen molar-refractivity contribution in [3.63, 3.8) is 0 Å². The third kappa shape index (κ3) is 2.39. The fourth-order valence-corrected chi connectivity index (χ4v) is 1.25. The van der Waals surface area contributed by atoms with E-state index in [9.17, 15) is 9.59 Å². The van der Waals surface area contributed by atoms with Crippen molar-refractivity contribution in [1.29, 1.82) is 0 Å². The van der Waals surface area contributed by atoms with Crippen LogP contribution < -0.4 is 5.56 Å². The maximum absolute atomic E-state index is 11.3. The number of carbonyl (C=O) groups excluding carboxylic acids is 1. The Morgan fingerprint density at radius 3 is 2.85 bits per heavy atom. The van der Waals surface area contributed by atoms with Crippen molar-refractivity contribution < 1.29 is 4.79 Å². The topological polar surface area (TPSA) is 52.0 Å². The Balaban J connectivity index is 3.21. The Hall–Kier alpha value is -1.16. The van der Waals surface area contributed by atoms with Crippen LogP contribution in [0.4, 0.5) is 0 Å². The molecule has 1 heterocycles. The van der Waals surface area contributed by atoms with Gasteiger partial charge in [-0.25, -0.2) is 4.68 Å². The van der Waals surface area contributed by atoms with Gasteiger partial charge in [-0.2, -0.15) is 5.10 Å². The lowest BCUT2D eigenvalue weighted by atomic mass is 10.2. The fourth-order valence-electron chi connectivity index (χ4n) is 1.11. The molecule has 0 saturated carbocycles. The Morgan fingerprint density at radius 1 is 1.69 bits per heavy atom. The van der Waals surface area contributed by atoms with Gasteiger partial charge in [0.25, 0.3) is 5.56 Å². The molecule has 0 spiro atoms. The van der Waals surface area contributed by atoms with E-state index in [0.717, 1.165) is 0 Å². The summed E-state index contributed by atoms with van der Waals surface area (Å²) < 4.78 is 1.20. The largest absolute Gasteiger partial charge is 0.281 e. The molecule has 1 aromatic rings. The second-order valence-electron chi connectivity index (χ2n) is 2.77. The number of hydrogen-bond donors (Lipinski definition) is 0. The van der Waals surface area contributed by atoms with Crippen LogP contribution in [0.2, 0.25) is 0 Å². The van der Waals surface area contributed by atoms with Crippen molar-refractivity contribution in [2.24, 2.45) is 7.05 Å². The summed E-state index contributed by atoms with van der Waals surface area (Å²) in [6, 6.07) is 1.57. The minimum Gasteiger partial charge on any atom is -0.281 e. The maximum Gasteiger partial charge on any atom is 0.270 e. The quantitative estimate of drug-likeness (QED) is 0.650. The summed E-state index contributed by atoms with van der Waals surface area (Å²) >= 11 is 5.18. The van der Waals surface area contributed by atoms with Crippen LogP contribution in [0, 0.1) is 6.92 Å². The van der Waals surface area contributed by atoms with Crippen LogP contribution in [-0.4, -0.2) is 15.0 Å². The molecule has 0 aliphatic rings. The molecule has 13 heavy (non-hydrogen) atoms. The molecule has 1 aromatic heterocycles. The Kier molecular flexibility index (Phi) is 2.83. The van der Waals surface area contributed by atoms with E-state index in [-0.39, 0.29) is 12.0 Å². The molecule has 0 atom stereocenters. The van der Waals surface area contributed by atoms with Crippen LogP contribution in [0.15, 0.2) is 10.9 Å². The van der Waals surface area contributed by atoms with Crippen LogP contribution in [0.3, 0.4) is 0 Å². The highest BCUT2D eigenvalue weighted by molar-refractivity contribution is 6.63. The van der Waals surface area contributed by atoms with E-state index in [1.54, 1.807) is 13.0 Å². The van der Waals surface area contributed by atoms with Gasteiger partial charge in [-0.05, 0) is 24.6 Å². The average molecular weight is 201 g/mol. The third-order valence-corrected chi connectivity index (χ3v) is 1.72. The molecule has 0 N–H and O–H groups in total. The zero-order valence-electron chi connectivity index (χ0n) is 7.37. The summed E-state index contributed by atoms with van der Waals surface area (Å²) in [6.07, 6.45) is -0.0441.